The lowest BCUT2D eigenvalue weighted by atomic mass is 10.0. The number of aliphatic carboxylic acids is 1. The Kier molecular flexibility index (Phi) is 8.36. The first-order chi connectivity index (χ1) is 16.0. The minimum Gasteiger partial charge on any atom is -0.480 e. The third-order valence-corrected chi connectivity index (χ3v) is 5.29. The molecule has 33 heavy (non-hydrogen) atoms. The molecule has 170 valence electrons. The molecule has 0 aliphatic carbocycles. The van der Waals surface area contributed by atoms with Gasteiger partial charge in [0.05, 0.1) is 6.54 Å². The van der Waals surface area contributed by atoms with Gasteiger partial charge in [-0.15, -0.1) is 0 Å². The van der Waals surface area contributed by atoms with E-state index in [-0.39, 0.29) is 5.91 Å². The van der Waals surface area contributed by atoms with Gasteiger partial charge < -0.3 is 15.3 Å². The molecule has 6 nitrogen and oxygen atoms in total. The van der Waals surface area contributed by atoms with E-state index in [0.717, 1.165) is 35.2 Å². The van der Waals surface area contributed by atoms with Crippen molar-refractivity contribution in [1.82, 2.24) is 5.32 Å². The Bertz CT molecular complexity index is 1080. The van der Waals surface area contributed by atoms with E-state index < -0.39 is 18.4 Å². The van der Waals surface area contributed by atoms with Crippen molar-refractivity contribution < 1.29 is 19.5 Å². The van der Waals surface area contributed by atoms with Crippen molar-refractivity contribution in [2.75, 3.05) is 11.4 Å². The molecule has 0 bridgehead atoms. The second-order valence-corrected chi connectivity index (χ2v) is 7.77. The molecule has 0 atom stereocenters. The maximum atomic E-state index is 12.8. The maximum Gasteiger partial charge on any atom is 0.322 e. The third kappa shape index (κ3) is 6.77. The summed E-state index contributed by atoms with van der Waals surface area (Å²) >= 11 is 0. The molecule has 6 heteroatoms. The van der Waals surface area contributed by atoms with Gasteiger partial charge in [0.2, 0.25) is 5.91 Å². The topological polar surface area (TPSA) is 86.7 Å². The maximum absolute atomic E-state index is 12.8. The Morgan fingerprint density at radius 1 is 0.848 bits per heavy atom. The molecule has 0 spiro atoms. The predicted molar refractivity (Wildman–Crippen MR) is 129 cm³/mol. The van der Waals surface area contributed by atoms with Gasteiger partial charge in [0.25, 0.3) is 5.91 Å². The van der Waals surface area contributed by atoms with Crippen LogP contribution in [-0.2, 0) is 16.1 Å². The van der Waals surface area contributed by atoms with Crippen molar-refractivity contribution in [2.45, 2.75) is 32.7 Å². The second-order valence-electron chi connectivity index (χ2n) is 7.77. The number of unbranched alkanes of at least 4 members (excludes halogenated alkanes) is 1. The molecule has 0 aliphatic rings. The van der Waals surface area contributed by atoms with E-state index in [1.165, 1.54) is 0 Å². The number of nitrogens with zero attached hydrogens (tertiary/aromatic N) is 1. The fourth-order valence-corrected chi connectivity index (χ4v) is 3.45. The highest BCUT2D eigenvalue weighted by atomic mass is 16.4. The van der Waals surface area contributed by atoms with Gasteiger partial charge in [0.15, 0.2) is 0 Å². The van der Waals surface area contributed by atoms with Gasteiger partial charge in [-0.1, -0.05) is 67.9 Å². The molecule has 3 rings (SSSR count). The molecule has 0 radical (unpaired) electrons. The Balaban J connectivity index is 1.71. The van der Waals surface area contributed by atoms with Crippen LogP contribution in [0.5, 0.6) is 0 Å². The third-order valence-electron chi connectivity index (χ3n) is 5.29. The Labute approximate surface area is 193 Å². The van der Waals surface area contributed by atoms with Crippen LogP contribution in [-0.4, -0.2) is 29.4 Å². The molecule has 0 heterocycles. The van der Waals surface area contributed by atoms with E-state index in [1.54, 1.807) is 12.1 Å². The van der Waals surface area contributed by atoms with Crippen LogP contribution in [0, 0.1) is 0 Å². The number of para-hydroxylation sites is 1. The van der Waals surface area contributed by atoms with E-state index in [9.17, 15) is 14.4 Å². The minimum absolute atomic E-state index is 0.115. The number of nitrogens with one attached hydrogen (secondary N) is 1. The van der Waals surface area contributed by atoms with Gasteiger partial charge in [-0.25, -0.2) is 0 Å². The van der Waals surface area contributed by atoms with E-state index in [4.69, 9.17) is 5.11 Å². The molecule has 0 aliphatic heterocycles. The molecule has 0 saturated heterocycles. The van der Waals surface area contributed by atoms with Gasteiger partial charge in [0.1, 0.15) is 6.54 Å². The monoisotopic (exact) mass is 444 g/mol. The van der Waals surface area contributed by atoms with Crippen molar-refractivity contribution in [3.05, 3.63) is 90.0 Å². The van der Waals surface area contributed by atoms with E-state index >= 15 is 0 Å². The highest BCUT2D eigenvalue weighted by Crippen LogP contribution is 2.23. The number of hydrogen-bond donors (Lipinski definition) is 2. The molecule has 0 aromatic heterocycles. The molecular formula is C27H28N2O4. The number of carbonyl (C=O) groups excluding carboxylic acids is 2. The van der Waals surface area contributed by atoms with Gasteiger partial charge in [-0.3, -0.25) is 14.4 Å². The lowest BCUT2D eigenvalue weighted by molar-refractivity contribution is -0.135. The van der Waals surface area contributed by atoms with Crippen molar-refractivity contribution >= 4 is 23.5 Å². The zero-order valence-corrected chi connectivity index (χ0v) is 18.7. The summed E-state index contributed by atoms with van der Waals surface area (Å²) in [6.45, 7) is 2.16. The lowest BCUT2D eigenvalue weighted by Gasteiger charge is -2.23. The number of carboxylic acid groups (broad SMARTS) is 1. The number of rotatable bonds is 10. The second kappa shape index (κ2) is 11.6. The summed E-state index contributed by atoms with van der Waals surface area (Å²) in [4.78, 5) is 37.2. The predicted octanol–water partition coefficient (Wildman–Crippen LogP) is 4.89. The summed E-state index contributed by atoms with van der Waals surface area (Å²) in [6.07, 6.45) is 2.37. The molecule has 3 aromatic rings. The first kappa shape index (κ1) is 23.7. The highest BCUT2D eigenvalue weighted by Gasteiger charge is 2.16. The van der Waals surface area contributed by atoms with Crippen LogP contribution in [0.1, 0.15) is 42.1 Å². The SMILES string of the molecule is CCCCC(=O)N(Cc1ccc(-c2ccc(C(=O)NCC(=O)O)cc2)cc1)c1ccccc1. The number of amides is 2. The fraction of sp³-hybridized carbons (Fsp3) is 0.222. The number of benzene rings is 3. The van der Waals surface area contributed by atoms with Crippen LogP contribution >= 0.6 is 0 Å². The minimum atomic E-state index is -1.09. The van der Waals surface area contributed by atoms with Crippen molar-refractivity contribution in [3.8, 4) is 11.1 Å². The number of hydrogen-bond acceptors (Lipinski definition) is 3. The zero-order chi connectivity index (χ0) is 23.6. The van der Waals surface area contributed by atoms with Crippen LogP contribution in [0.3, 0.4) is 0 Å². The summed E-state index contributed by atoms with van der Waals surface area (Å²) in [5.41, 5.74) is 4.24. The highest BCUT2D eigenvalue weighted by molar-refractivity contribution is 5.96. The lowest BCUT2D eigenvalue weighted by Crippen LogP contribution is -2.30. The van der Waals surface area contributed by atoms with Crippen molar-refractivity contribution in [2.24, 2.45) is 0 Å². The quantitative estimate of drug-likeness (QED) is 0.466. The summed E-state index contributed by atoms with van der Waals surface area (Å²) in [7, 11) is 0. The van der Waals surface area contributed by atoms with Crippen molar-refractivity contribution in [1.29, 1.82) is 0 Å². The Morgan fingerprint density at radius 2 is 1.45 bits per heavy atom. The van der Waals surface area contributed by atoms with E-state index in [1.807, 2.05) is 71.6 Å². The largest absolute Gasteiger partial charge is 0.480 e. The van der Waals surface area contributed by atoms with Gasteiger partial charge in [0, 0.05) is 17.7 Å². The van der Waals surface area contributed by atoms with Gasteiger partial charge >= 0.3 is 5.97 Å². The van der Waals surface area contributed by atoms with E-state index in [0.29, 0.717) is 18.5 Å². The molecule has 0 fully saturated rings. The molecule has 0 saturated carbocycles. The number of carboxylic acids is 1. The van der Waals surface area contributed by atoms with Crippen LogP contribution in [0.25, 0.3) is 11.1 Å². The standard InChI is InChI=1S/C27H28N2O4/c1-2-3-9-25(30)29(24-7-5-4-6-8-24)19-20-10-12-21(13-11-20)22-14-16-23(17-15-22)27(33)28-18-26(31)32/h4-8,10-17H,2-3,9,18-19H2,1H3,(H,28,33)(H,31,32). The van der Waals surface area contributed by atoms with Crippen LogP contribution in [0.15, 0.2) is 78.9 Å². The first-order valence-corrected chi connectivity index (χ1v) is 11.0. The summed E-state index contributed by atoms with van der Waals surface area (Å²) < 4.78 is 0. The smallest absolute Gasteiger partial charge is 0.322 e. The van der Waals surface area contributed by atoms with Crippen molar-refractivity contribution in [3.63, 3.8) is 0 Å². The van der Waals surface area contributed by atoms with Gasteiger partial charge in [-0.05, 0) is 47.4 Å². The summed E-state index contributed by atoms with van der Waals surface area (Å²) in [6, 6.07) is 24.7. The molecule has 3 aromatic carbocycles. The van der Waals surface area contributed by atoms with Crippen LogP contribution < -0.4 is 10.2 Å². The Morgan fingerprint density at radius 3 is 2.03 bits per heavy atom. The Hall–Kier alpha value is -3.93. The van der Waals surface area contributed by atoms with Crippen LogP contribution in [0.4, 0.5) is 5.69 Å². The zero-order valence-electron chi connectivity index (χ0n) is 18.7. The molecule has 0 unspecified atom stereocenters. The average Bonchev–Trinajstić information content (AvgIpc) is 2.85. The average molecular weight is 445 g/mol. The number of anilines is 1. The normalized spacial score (nSPS) is 10.5. The van der Waals surface area contributed by atoms with E-state index in [2.05, 4.69) is 12.2 Å². The molecule has 2 amide bonds. The number of carbonyl (C=O) groups is 3. The van der Waals surface area contributed by atoms with Crippen LogP contribution in [0.2, 0.25) is 0 Å². The molecule has 2 N–H and O–H groups in total. The summed E-state index contributed by atoms with van der Waals surface area (Å²) in [5, 5.41) is 11.0. The molecular weight excluding hydrogens is 416 g/mol. The summed E-state index contributed by atoms with van der Waals surface area (Å²) in [5.74, 6) is -1.39. The van der Waals surface area contributed by atoms with Gasteiger partial charge in [-0.2, -0.15) is 0 Å². The first-order valence-electron chi connectivity index (χ1n) is 11.0. The fourth-order valence-electron chi connectivity index (χ4n) is 3.45.